The van der Waals surface area contributed by atoms with Crippen molar-refractivity contribution in [1.29, 1.82) is 0 Å². The summed E-state index contributed by atoms with van der Waals surface area (Å²) in [5.41, 5.74) is 0.246. The zero-order chi connectivity index (χ0) is 8.04. The molecular weight excluding hydrogens is 148 g/mol. The highest BCUT2D eigenvalue weighted by Gasteiger charge is 2.02. The predicted octanol–water partition coefficient (Wildman–Crippen LogP) is 2.80. The molecule has 10 heavy (non-hydrogen) atoms. The molecule has 0 radical (unpaired) electrons. The molecule has 2 heteroatoms. The molecule has 0 bridgehead atoms. The molecule has 0 amide bonds. The molecule has 0 aromatic rings. The third-order valence-electron chi connectivity index (χ3n) is 0.909. The Morgan fingerprint density at radius 2 is 2.00 bits per heavy atom. The van der Waals surface area contributed by atoms with Crippen molar-refractivity contribution in [3.05, 3.63) is 12.2 Å². The van der Waals surface area contributed by atoms with E-state index in [1.165, 1.54) is 0 Å². The van der Waals surface area contributed by atoms with Crippen molar-refractivity contribution in [2.45, 2.75) is 20.8 Å². The SMILES string of the molecule is CC(C)(C)/C=C/COCCl. The van der Waals surface area contributed by atoms with Crippen LogP contribution in [0.25, 0.3) is 0 Å². The lowest BCUT2D eigenvalue weighted by Gasteiger charge is -2.10. The molecule has 0 saturated heterocycles. The summed E-state index contributed by atoms with van der Waals surface area (Å²) in [5, 5.41) is 0. The normalized spacial score (nSPS) is 12.8. The summed E-state index contributed by atoms with van der Waals surface area (Å²) in [5.74, 6) is 0. The summed E-state index contributed by atoms with van der Waals surface area (Å²) >= 11 is 5.30. The molecule has 0 spiro atoms. The molecule has 0 saturated carbocycles. The summed E-state index contributed by atoms with van der Waals surface area (Å²) in [6, 6.07) is 0.272. The number of hydrogen-bond acceptors (Lipinski definition) is 1. The molecule has 0 aromatic heterocycles. The Kier molecular flexibility index (Phi) is 4.75. The molecular formula is C8H15ClO. The highest BCUT2D eigenvalue weighted by Crippen LogP contribution is 2.13. The molecule has 0 aromatic carbocycles. The van der Waals surface area contributed by atoms with Crippen molar-refractivity contribution in [3.8, 4) is 0 Å². The van der Waals surface area contributed by atoms with Gasteiger partial charge in [-0.2, -0.15) is 0 Å². The summed E-state index contributed by atoms with van der Waals surface area (Å²) in [7, 11) is 0. The van der Waals surface area contributed by atoms with E-state index >= 15 is 0 Å². The first kappa shape index (κ1) is 9.99. The second-order valence-corrected chi connectivity index (χ2v) is 3.47. The van der Waals surface area contributed by atoms with Crippen LogP contribution < -0.4 is 0 Å². The van der Waals surface area contributed by atoms with Crippen molar-refractivity contribution < 1.29 is 4.74 Å². The first-order chi connectivity index (χ1) is 4.56. The van der Waals surface area contributed by atoms with Gasteiger partial charge >= 0.3 is 0 Å². The van der Waals surface area contributed by atoms with Gasteiger partial charge in [-0.05, 0) is 5.41 Å². The number of rotatable bonds is 3. The quantitative estimate of drug-likeness (QED) is 0.352. The van der Waals surface area contributed by atoms with Gasteiger partial charge in [0.05, 0.1) is 6.61 Å². The number of alkyl halides is 1. The van der Waals surface area contributed by atoms with E-state index in [1.807, 2.05) is 6.08 Å². The molecule has 0 unspecified atom stereocenters. The average molecular weight is 163 g/mol. The van der Waals surface area contributed by atoms with Crippen LogP contribution in [0.15, 0.2) is 12.2 Å². The highest BCUT2D eigenvalue weighted by molar-refractivity contribution is 6.17. The molecule has 60 valence electrons. The maximum atomic E-state index is 5.30. The Morgan fingerprint density at radius 1 is 1.40 bits per heavy atom. The Bertz CT molecular complexity index is 102. The van der Waals surface area contributed by atoms with Crippen LogP contribution in [0.1, 0.15) is 20.8 Å². The number of ether oxygens (including phenoxy) is 1. The van der Waals surface area contributed by atoms with E-state index in [-0.39, 0.29) is 11.5 Å². The van der Waals surface area contributed by atoms with E-state index in [1.54, 1.807) is 0 Å². The molecule has 0 aliphatic heterocycles. The van der Waals surface area contributed by atoms with Gasteiger partial charge in [-0.15, -0.1) is 0 Å². The van der Waals surface area contributed by atoms with Crippen molar-refractivity contribution >= 4 is 11.6 Å². The van der Waals surface area contributed by atoms with Gasteiger partial charge in [-0.25, -0.2) is 0 Å². The zero-order valence-corrected chi connectivity index (χ0v) is 7.61. The van der Waals surface area contributed by atoms with Crippen LogP contribution in [-0.2, 0) is 4.74 Å². The largest absolute Gasteiger partial charge is 0.362 e. The molecule has 0 heterocycles. The summed E-state index contributed by atoms with van der Waals surface area (Å²) < 4.78 is 4.91. The molecule has 0 aliphatic rings. The molecule has 0 fully saturated rings. The lowest BCUT2D eigenvalue weighted by molar-refractivity contribution is 0.211. The van der Waals surface area contributed by atoms with Crippen LogP contribution in [0, 0.1) is 5.41 Å². The van der Waals surface area contributed by atoms with Crippen molar-refractivity contribution in [3.63, 3.8) is 0 Å². The molecule has 1 nitrogen and oxygen atoms in total. The number of hydrogen-bond donors (Lipinski definition) is 0. The van der Waals surface area contributed by atoms with E-state index in [2.05, 4.69) is 26.8 Å². The Labute approximate surface area is 68.0 Å². The standard InChI is InChI=1S/C8H15ClO/c1-8(2,3)5-4-6-10-7-9/h4-5H,6-7H2,1-3H3/b5-4+. The summed E-state index contributed by atoms with van der Waals surface area (Å²) in [6.07, 6.45) is 4.10. The minimum Gasteiger partial charge on any atom is -0.362 e. The smallest absolute Gasteiger partial charge is 0.121 e. The van der Waals surface area contributed by atoms with E-state index in [0.29, 0.717) is 6.61 Å². The Hall–Kier alpha value is -0.0100. The lowest BCUT2D eigenvalue weighted by atomic mass is 9.96. The van der Waals surface area contributed by atoms with Gasteiger partial charge in [0.25, 0.3) is 0 Å². The predicted molar refractivity (Wildman–Crippen MR) is 45.3 cm³/mol. The van der Waals surface area contributed by atoms with Crippen LogP contribution in [0.4, 0.5) is 0 Å². The van der Waals surface area contributed by atoms with Gasteiger partial charge in [0.1, 0.15) is 6.07 Å². The van der Waals surface area contributed by atoms with Gasteiger partial charge < -0.3 is 4.74 Å². The van der Waals surface area contributed by atoms with E-state index < -0.39 is 0 Å². The van der Waals surface area contributed by atoms with Crippen LogP contribution in [0.3, 0.4) is 0 Å². The first-order valence-electron chi connectivity index (χ1n) is 3.37. The topological polar surface area (TPSA) is 9.23 Å². The fourth-order valence-electron chi connectivity index (χ4n) is 0.514. The third kappa shape index (κ3) is 7.99. The van der Waals surface area contributed by atoms with E-state index in [4.69, 9.17) is 16.3 Å². The second-order valence-electron chi connectivity index (χ2n) is 3.25. The minimum atomic E-state index is 0.246. The number of halogens is 1. The van der Waals surface area contributed by atoms with Crippen molar-refractivity contribution in [2.24, 2.45) is 5.41 Å². The zero-order valence-electron chi connectivity index (χ0n) is 6.86. The maximum Gasteiger partial charge on any atom is 0.121 e. The van der Waals surface area contributed by atoms with Crippen LogP contribution in [0.5, 0.6) is 0 Å². The van der Waals surface area contributed by atoms with Gasteiger partial charge in [0, 0.05) is 0 Å². The van der Waals surface area contributed by atoms with Crippen molar-refractivity contribution in [1.82, 2.24) is 0 Å². The molecule has 0 atom stereocenters. The Balaban J connectivity index is 3.37. The Morgan fingerprint density at radius 3 is 2.40 bits per heavy atom. The first-order valence-corrected chi connectivity index (χ1v) is 3.91. The fourth-order valence-corrected chi connectivity index (χ4v) is 0.603. The number of allylic oxidation sites excluding steroid dienone is 1. The van der Waals surface area contributed by atoms with Gasteiger partial charge in [-0.3, -0.25) is 0 Å². The third-order valence-corrected chi connectivity index (χ3v) is 1.06. The summed E-state index contributed by atoms with van der Waals surface area (Å²) in [4.78, 5) is 0. The summed E-state index contributed by atoms with van der Waals surface area (Å²) in [6.45, 7) is 7.04. The van der Waals surface area contributed by atoms with Crippen LogP contribution in [-0.4, -0.2) is 12.7 Å². The lowest BCUT2D eigenvalue weighted by Crippen LogP contribution is -1.99. The maximum absolute atomic E-state index is 5.30. The average Bonchev–Trinajstić information content (AvgIpc) is 1.78. The van der Waals surface area contributed by atoms with E-state index in [0.717, 1.165) is 0 Å². The molecule has 0 N–H and O–H groups in total. The molecule has 0 aliphatic carbocycles. The van der Waals surface area contributed by atoms with Gasteiger partial charge in [0.15, 0.2) is 0 Å². The second kappa shape index (κ2) is 4.75. The van der Waals surface area contributed by atoms with Gasteiger partial charge in [-0.1, -0.05) is 44.5 Å². The molecule has 0 rings (SSSR count). The van der Waals surface area contributed by atoms with Crippen LogP contribution in [0.2, 0.25) is 0 Å². The monoisotopic (exact) mass is 162 g/mol. The minimum absolute atomic E-state index is 0.246. The van der Waals surface area contributed by atoms with Crippen LogP contribution >= 0.6 is 11.6 Å². The van der Waals surface area contributed by atoms with Crippen molar-refractivity contribution in [2.75, 3.05) is 12.7 Å². The van der Waals surface area contributed by atoms with E-state index in [9.17, 15) is 0 Å². The van der Waals surface area contributed by atoms with Gasteiger partial charge in [0.2, 0.25) is 0 Å². The fraction of sp³-hybridized carbons (Fsp3) is 0.750. The highest BCUT2D eigenvalue weighted by atomic mass is 35.5.